The molecule has 0 radical (unpaired) electrons. The summed E-state index contributed by atoms with van der Waals surface area (Å²) >= 11 is 0. The Morgan fingerprint density at radius 3 is 2.32 bits per heavy atom. The van der Waals surface area contributed by atoms with E-state index in [2.05, 4.69) is 10.1 Å². The van der Waals surface area contributed by atoms with Crippen LogP contribution in [0.4, 0.5) is 17.6 Å². The maximum atomic E-state index is 13.7. The summed E-state index contributed by atoms with van der Waals surface area (Å²) < 4.78 is 55.2. The predicted molar refractivity (Wildman–Crippen MR) is 70.8 cm³/mol. The molecule has 8 heteroatoms. The number of ether oxygens (including phenoxy) is 1. The first-order chi connectivity index (χ1) is 10.3. The van der Waals surface area contributed by atoms with Gasteiger partial charge in [-0.2, -0.15) is 8.78 Å². The van der Waals surface area contributed by atoms with E-state index in [-0.39, 0.29) is 12.5 Å². The second-order valence-electron chi connectivity index (χ2n) is 4.80. The van der Waals surface area contributed by atoms with Crippen molar-refractivity contribution in [2.45, 2.75) is 33.0 Å². The lowest BCUT2D eigenvalue weighted by atomic mass is 10.0. The third kappa shape index (κ3) is 4.87. The van der Waals surface area contributed by atoms with Crippen molar-refractivity contribution in [1.29, 1.82) is 0 Å². The summed E-state index contributed by atoms with van der Waals surface area (Å²) in [5.41, 5.74) is -0.919. The highest BCUT2D eigenvalue weighted by Crippen LogP contribution is 2.22. The van der Waals surface area contributed by atoms with Gasteiger partial charge in [-0.25, -0.2) is 8.78 Å². The third-order valence-corrected chi connectivity index (χ3v) is 3.24. The van der Waals surface area contributed by atoms with Crippen LogP contribution in [0.1, 0.15) is 30.6 Å². The van der Waals surface area contributed by atoms with Gasteiger partial charge in [-0.05, 0) is 5.92 Å². The second-order valence-corrected chi connectivity index (χ2v) is 4.80. The van der Waals surface area contributed by atoms with Gasteiger partial charge in [0.15, 0.2) is 0 Å². The van der Waals surface area contributed by atoms with Crippen molar-refractivity contribution in [3.05, 3.63) is 29.3 Å². The minimum absolute atomic E-state index is 0.100. The molecule has 1 rings (SSSR count). The van der Waals surface area contributed by atoms with Gasteiger partial charge in [0.1, 0.15) is 22.9 Å². The van der Waals surface area contributed by atoms with Gasteiger partial charge >= 0.3 is 6.61 Å². The molecule has 0 aliphatic carbocycles. The molecule has 4 nitrogen and oxygen atoms in total. The average molecular weight is 323 g/mol. The molecular weight excluding hydrogens is 306 g/mol. The maximum Gasteiger partial charge on any atom is 0.387 e. The van der Waals surface area contributed by atoms with Crippen molar-refractivity contribution < 1.29 is 32.2 Å². The summed E-state index contributed by atoms with van der Waals surface area (Å²) in [4.78, 5) is 11.7. The highest BCUT2D eigenvalue weighted by molar-refractivity contribution is 5.94. The Labute approximate surface area is 125 Å². The van der Waals surface area contributed by atoms with Crippen molar-refractivity contribution in [3.63, 3.8) is 0 Å². The van der Waals surface area contributed by atoms with E-state index in [9.17, 15) is 27.5 Å². The van der Waals surface area contributed by atoms with Crippen LogP contribution in [0.5, 0.6) is 5.75 Å². The monoisotopic (exact) mass is 323 g/mol. The van der Waals surface area contributed by atoms with Gasteiger partial charge in [0.05, 0.1) is 6.10 Å². The highest BCUT2D eigenvalue weighted by Gasteiger charge is 2.21. The third-order valence-electron chi connectivity index (χ3n) is 3.24. The van der Waals surface area contributed by atoms with Crippen LogP contribution in [0.3, 0.4) is 0 Å². The average Bonchev–Trinajstić information content (AvgIpc) is 2.42. The van der Waals surface area contributed by atoms with Crippen molar-refractivity contribution in [2.24, 2.45) is 5.92 Å². The van der Waals surface area contributed by atoms with E-state index < -0.39 is 41.6 Å². The van der Waals surface area contributed by atoms with Crippen LogP contribution in [-0.2, 0) is 0 Å². The van der Waals surface area contributed by atoms with Gasteiger partial charge in [0, 0.05) is 18.7 Å². The molecule has 1 aromatic carbocycles. The van der Waals surface area contributed by atoms with Gasteiger partial charge in [0.25, 0.3) is 5.91 Å². The fourth-order valence-corrected chi connectivity index (χ4v) is 1.70. The molecule has 0 spiro atoms. The second kappa shape index (κ2) is 7.98. The molecule has 22 heavy (non-hydrogen) atoms. The molecule has 0 saturated carbocycles. The quantitative estimate of drug-likeness (QED) is 0.759. The maximum absolute atomic E-state index is 13.7. The summed E-state index contributed by atoms with van der Waals surface area (Å²) in [6.45, 7) is 0.192. The zero-order valence-corrected chi connectivity index (χ0v) is 12.1. The van der Waals surface area contributed by atoms with Gasteiger partial charge in [-0.15, -0.1) is 0 Å². The molecule has 0 saturated heterocycles. The van der Waals surface area contributed by atoms with Crippen molar-refractivity contribution in [2.75, 3.05) is 6.54 Å². The first-order valence-corrected chi connectivity index (χ1v) is 6.66. The number of nitrogens with one attached hydrogen (secondary N) is 1. The van der Waals surface area contributed by atoms with E-state index >= 15 is 0 Å². The Morgan fingerprint density at radius 2 is 1.86 bits per heavy atom. The Balaban J connectivity index is 2.81. The number of alkyl halides is 2. The first-order valence-electron chi connectivity index (χ1n) is 6.66. The van der Waals surface area contributed by atoms with E-state index in [0.29, 0.717) is 18.6 Å². The number of carbonyl (C=O) groups excluding carboxylic acids is 1. The number of hydrogen-bond donors (Lipinski definition) is 2. The molecule has 124 valence electrons. The fourth-order valence-electron chi connectivity index (χ4n) is 1.70. The number of hydrogen-bond acceptors (Lipinski definition) is 3. The molecule has 0 aromatic heterocycles. The van der Waals surface area contributed by atoms with Gasteiger partial charge in [-0.3, -0.25) is 4.79 Å². The smallest absolute Gasteiger partial charge is 0.387 e. The minimum atomic E-state index is -3.23. The Bertz CT molecular complexity index is 502. The van der Waals surface area contributed by atoms with Crippen LogP contribution in [0.15, 0.2) is 12.1 Å². The van der Waals surface area contributed by atoms with Crippen molar-refractivity contribution >= 4 is 5.91 Å². The van der Waals surface area contributed by atoms with Crippen molar-refractivity contribution in [1.82, 2.24) is 5.32 Å². The van der Waals surface area contributed by atoms with Gasteiger partial charge in [-0.1, -0.05) is 20.3 Å². The number of benzene rings is 1. The van der Waals surface area contributed by atoms with Gasteiger partial charge in [0.2, 0.25) is 0 Å². The summed E-state index contributed by atoms with van der Waals surface area (Å²) in [6.07, 6.45) is -0.194. The van der Waals surface area contributed by atoms with E-state index in [0.717, 1.165) is 0 Å². The predicted octanol–water partition coefficient (Wildman–Crippen LogP) is 2.70. The van der Waals surface area contributed by atoms with E-state index in [1.165, 1.54) is 0 Å². The molecule has 0 bridgehead atoms. The number of amides is 1. The Hall–Kier alpha value is -1.83. The number of aliphatic hydroxyl groups excluding tert-OH is 1. The van der Waals surface area contributed by atoms with Crippen LogP contribution < -0.4 is 10.1 Å². The Kier molecular flexibility index (Phi) is 6.61. The number of halogens is 4. The molecule has 2 unspecified atom stereocenters. The number of aliphatic hydroxyl groups is 1. The molecule has 0 aliphatic rings. The van der Waals surface area contributed by atoms with Crippen molar-refractivity contribution in [3.8, 4) is 5.75 Å². The summed E-state index contributed by atoms with van der Waals surface area (Å²) in [6, 6.07) is 0.991. The summed E-state index contributed by atoms with van der Waals surface area (Å²) in [5, 5.41) is 11.9. The van der Waals surface area contributed by atoms with Crippen LogP contribution >= 0.6 is 0 Å². The van der Waals surface area contributed by atoms with E-state index in [4.69, 9.17) is 0 Å². The summed E-state index contributed by atoms with van der Waals surface area (Å²) in [5.74, 6) is -4.56. The minimum Gasteiger partial charge on any atom is -0.435 e. The van der Waals surface area contributed by atoms with Crippen LogP contribution in [0.25, 0.3) is 0 Å². The summed E-state index contributed by atoms with van der Waals surface area (Å²) in [7, 11) is 0. The van der Waals surface area contributed by atoms with E-state index in [1.807, 2.05) is 6.92 Å². The number of rotatable bonds is 7. The molecule has 1 amide bonds. The van der Waals surface area contributed by atoms with Crippen LogP contribution in [0, 0.1) is 17.6 Å². The molecule has 0 fully saturated rings. The fraction of sp³-hybridized carbons (Fsp3) is 0.500. The Morgan fingerprint density at radius 1 is 1.32 bits per heavy atom. The molecule has 2 atom stereocenters. The molecule has 1 aromatic rings. The SMILES string of the molecule is CCC(C)C(O)CNC(=O)c1c(F)cc(OC(F)F)cc1F. The normalized spacial score (nSPS) is 13.8. The van der Waals surface area contributed by atoms with Crippen LogP contribution in [0.2, 0.25) is 0 Å². The largest absolute Gasteiger partial charge is 0.435 e. The lowest BCUT2D eigenvalue weighted by Crippen LogP contribution is -2.36. The molecule has 0 heterocycles. The van der Waals surface area contributed by atoms with Crippen LogP contribution in [-0.4, -0.2) is 30.3 Å². The van der Waals surface area contributed by atoms with E-state index in [1.54, 1.807) is 6.92 Å². The molecule has 0 aliphatic heterocycles. The first kappa shape index (κ1) is 18.2. The number of carbonyl (C=O) groups is 1. The lowest BCUT2D eigenvalue weighted by Gasteiger charge is -2.18. The zero-order chi connectivity index (χ0) is 16.9. The molecule has 2 N–H and O–H groups in total. The topological polar surface area (TPSA) is 58.6 Å². The molecular formula is C14H17F4NO3. The van der Waals surface area contributed by atoms with Gasteiger partial charge < -0.3 is 15.2 Å². The zero-order valence-electron chi connectivity index (χ0n) is 12.1. The lowest BCUT2D eigenvalue weighted by molar-refractivity contribution is -0.0501. The highest BCUT2D eigenvalue weighted by atomic mass is 19.3. The standard InChI is InChI=1S/C14H17F4NO3/c1-3-7(2)11(20)6-19-13(21)12-9(15)4-8(5-10(12)16)22-14(17)18/h4-5,7,11,14,20H,3,6H2,1-2H3,(H,19,21).